The smallest absolute Gasteiger partial charge is 0.419 e. The molecule has 1 fully saturated rings. The molecule has 0 radical (unpaired) electrons. The van der Waals surface area contributed by atoms with Crippen molar-refractivity contribution in [2.24, 2.45) is 5.92 Å². The monoisotopic (exact) mass is 595 g/mol. The van der Waals surface area contributed by atoms with E-state index < -0.39 is 17.1 Å². The van der Waals surface area contributed by atoms with Crippen LogP contribution in [0.4, 0.5) is 10.5 Å². The van der Waals surface area contributed by atoms with Gasteiger partial charge in [-0.1, -0.05) is 29.3 Å². The molecule has 4 aromatic rings. The molecule has 1 amide bonds. The summed E-state index contributed by atoms with van der Waals surface area (Å²) in [7, 11) is 1.48. The lowest BCUT2D eigenvalue weighted by Gasteiger charge is -2.28. The van der Waals surface area contributed by atoms with Crippen LogP contribution in [0.3, 0.4) is 0 Å². The number of phenols is 1. The zero-order valence-corrected chi connectivity index (χ0v) is 25.9. The normalized spacial score (nSPS) is 15.0. The van der Waals surface area contributed by atoms with E-state index in [1.165, 1.54) is 13.2 Å². The minimum Gasteiger partial charge on any atom is -0.506 e. The lowest BCUT2D eigenvalue weighted by atomic mass is 9.97. The van der Waals surface area contributed by atoms with Crippen molar-refractivity contribution in [1.29, 1.82) is 0 Å². The Bertz CT molecular complexity index is 1910. The van der Waals surface area contributed by atoms with Crippen LogP contribution in [0, 0.1) is 12.8 Å². The van der Waals surface area contributed by atoms with Gasteiger partial charge in [0.25, 0.3) is 0 Å². The second kappa shape index (κ2) is 11.1. The van der Waals surface area contributed by atoms with Gasteiger partial charge < -0.3 is 23.7 Å². The van der Waals surface area contributed by atoms with Gasteiger partial charge in [-0.2, -0.15) is 0 Å². The van der Waals surface area contributed by atoms with Crippen LogP contribution in [0.2, 0.25) is 0 Å². The Hall–Kier alpha value is -4.72. The molecule has 0 saturated heterocycles. The number of aromatic hydroxyl groups is 1. The molecule has 2 aliphatic rings. The number of methoxy groups -OCH3 is 1. The topological polar surface area (TPSA) is 98.4 Å². The fourth-order valence-corrected chi connectivity index (χ4v) is 5.54. The first-order valence-electron chi connectivity index (χ1n) is 14.9. The first-order chi connectivity index (χ1) is 21.0. The molecule has 44 heavy (non-hydrogen) atoms. The van der Waals surface area contributed by atoms with Crippen LogP contribution in [-0.2, 0) is 6.42 Å². The highest BCUT2D eigenvalue weighted by atomic mass is 16.6. The summed E-state index contributed by atoms with van der Waals surface area (Å²) in [6, 6.07) is 10.9. The minimum absolute atomic E-state index is 0.0458. The summed E-state index contributed by atoms with van der Waals surface area (Å²) in [5.74, 6) is 1.01. The molecular formula is C36H37NO7. The van der Waals surface area contributed by atoms with Crippen LogP contribution >= 0.6 is 0 Å². The van der Waals surface area contributed by atoms with Crippen molar-refractivity contribution in [3.05, 3.63) is 81.0 Å². The summed E-state index contributed by atoms with van der Waals surface area (Å²) in [5.41, 5.74) is 3.14. The molecule has 8 nitrogen and oxygen atoms in total. The van der Waals surface area contributed by atoms with Crippen molar-refractivity contribution in [1.82, 2.24) is 0 Å². The Labute approximate surface area is 256 Å². The molecule has 0 spiro atoms. The number of fused-ring (bicyclic) bond motifs is 3. The number of hydrogen-bond acceptors (Lipinski definition) is 7. The molecule has 1 aromatic heterocycles. The molecule has 6 rings (SSSR count). The van der Waals surface area contributed by atoms with Crippen molar-refractivity contribution >= 4 is 39.8 Å². The molecule has 228 valence electrons. The predicted octanol–water partition coefficient (Wildman–Crippen LogP) is 8.08. The Balaban J connectivity index is 1.53. The first kappa shape index (κ1) is 29.4. The van der Waals surface area contributed by atoms with Gasteiger partial charge in [-0.3, -0.25) is 9.69 Å². The average molecular weight is 596 g/mol. The molecule has 0 atom stereocenters. The van der Waals surface area contributed by atoms with Crippen molar-refractivity contribution < 1.29 is 28.5 Å². The molecule has 1 saturated carbocycles. The Morgan fingerprint density at radius 3 is 2.48 bits per heavy atom. The molecular weight excluding hydrogens is 558 g/mol. The Morgan fingerprint density at radius 2 is 1.82 bits per heavy atom. The second-order valence-electron chi connectivity index (χ2n) is 12.5. The fraction of sp³-hybridized carbons (Fsp3) is 0.333. The first-order valence-corrected chi connectivity index (χ1v) is 14.9. The number of hydrogen-bond donors (Lipinski definition) is 1. The van der Waals surface area contributed by atoms with E-state index in [9.17, 15) is 14.7 Å². The number of aryl methyl sites for hydroxylation is 1. The average Bonchev–Trinajstić information content (AvgIpc) is 3.78. The van der Waals surface area contributed by atoms with Gasteiger partial charge in [0.1, 0.15) is 33.7 Å². The molecule has 2 heterocycles. The van der Waals surface area contributed by atoms with Gasteiger partial charge >= 0.3 is 6.09 Å². The number of nitrogens with zero attached hydrogens (tertiary/aromatic N) is 1. The summed E-state index contributed by atoms with van der Waals surface area (Å²) < 4.78 is 24.2. The quantitative estimate of drug-likeness (QED) is 0.170. The van der Waals surface area contributed by atoms with E-state index in [0.717, 1.165) is 29.7 Å². The number of amides is 1. The van der Waals surface area contributed by atoms with E-state index in [4.69, 9.17) is 18.6 Å². The Kier molecular flexibility index (Phi) is 7.40. The van der Waals surface area contributed by atoms with Gasteiger partial charge in [-0.15, -0.1) is 0 Å². The van der Waals surface area contributed by atoms with Crippen LogP contribution in [0.25, 0.3) is 28.0 Å². The summed E-state index contributed by atoms with van der Waals surface area (Å²) in [4.78, 5) is 29.6. The van der Waals surface area contributed by atoms with E-state index in [-0.39, 0.29) is 39.2 Å². The number of benzene rings is 3. The van der Waals surface area contributed by atoms with Crippen LogP contribution in [0.5, 0.6) is 23.0 Å². The third-order valence-corrected chi connectivity index (χ3v) is 8.09. The fourth-order valence-electron chi connectivity index (χ4n) is 5.54. The van der Waals surface area contributed by atoms with Crippen LogP contribution < -0.4 is 24.5 Å². The minimum atomic E-state index is -0.597. The summed E-state index contributed by atoms with van der Waals surface area (Å²) >= 11 is 0. The van der Waals surface area contributed by atoms with E-state index in [1.54, 1.807) is 17.0 Å². The second-order valence-corrected chi connectivity index (χ2v) is 12.5. The highest BCUT2D eigenvalue weighted by molar-refractivity contribution is 6.00. The van der Waals surface area contributed by atoms with Gasteiger partial charge in [0, 0.05) is 29.9 Å². The maximum absolute atomic E-state index is 14.2. The Morgan fingerprint density at radius 1 is 1.11 bits per heavy atom. The largest absolute Gasteiger partial charge is 0.506 e. The van der Waals surface area contributed by atoms with Gasteiger partial charge in [0.2, 0.25) is 5.43 Å². The van der Waals surface area contributed by atoms with Crippen molar-refractivity contribution in [3.63, 3.8) is 0 Å². The molecule has 0 unspecified atom stereocenters. The molecule has 0 bridgehead atoms. The van der Waals surface area contributed by atoms with Gasteiger partial charge in [0.05, 0.1) is 18.1 Å². The maximum atomic E-state index is 14.2. The van der Waals surface area contributed by atoms with E-state index in [2.05, 4.69) is 0 Å². The number of ether oxygens (including phenoxy) is 3. The lowest BCUT2D eigenvalue weighted by molar-refractivity contribution is 0.158. The number of anilines is 1. The maximum Gasteiger partial charge on any atom is 0.419 e. The van der Waals surface area contributed by atoms with Crippen molar-refractivity contribution in [2.75, 3.05) is 18.6 Å². The summed E-state index contributed by atoms with van der Waals surface area (Å²) in [6.07, 6.45) is 7.44. The number of rotatable bonds is 7. The van der Waals surface area contributed by atoms with Crippen LogP contribution in [-0.4, -0.2) is 30.5 Å². The number of allylic oxidation sites excluding steroid dienone is 2. The predicted molar refractivity (Wildman–Crippen MR) is 172 cm³/mol. The van der Waals surface area contributed by atoms with Crippen molar-refractivity contribution in [3.8, 4) is 23.0 Å². The highest BCUT2D eigenvalue weighted by Crippen LogP contribution is 2.44. The van der Waals surface area contributed by atoms with E-state index >= 15 is 0 Å². The van der Waals surface area contributed by atoms with Gasteiger partial charge in [0.15, 0.2) is 11.5 Å². The molecule has 3 aromatic carbocycles. The van der Waals surface area contributed by atoms with Crippen LogP contribution in [0.1, 0.15) is 57.2 Å². The third-order valence-electron chi connectivity index (χ3n) is 8.09. The third kappa shape index (κ3) is 5.52. The SMILES string of the molecule is COc1c(OC(=O)N(CC2CC2)c2ccc(C)cc2)cc2oc3cc4c(c(O)c3c(=O)c2c1CC=C(C)C)C=CC(C)(C)O4. The molecule has 8 heteroatoms. The van der Waals surface area contributed by atoms with Crippen molar-refractivity contribution in [2.45, 2.75) is 59.5 Å². The number of carbonyl (C=O) groups is 1. The highest BCUT2D eigenvalue weighted by Gasteiger charge is 2.31. The lowest BCUT2D eigenvalue weighted by Crippen LogP contribution is -2.35. The molecule has 1 N–H and O–H groups in total. The summed E-state index contributed by atoms with van der Waals surface area (Å²) in [5, 5.41) is 11.6. The molecule has 1 aliphatic carbocycles. The zero-order valence-electron chi connectivity index (χ0n) is 25.9. The van der Waals surface area contributed by atoms with Gasteiger partial charge in [-0.05, 0) is 84.1 Å². The van der Waals surface area contributed by atoms with Crippen LogP contribution in [0.15, 0.2) is 63.3 Å². The zero-order chi connectivity index (χ0) is 31.3. The van der Waals surface area contributed by atoms with E-state index in [1.807, 2.05) is 71.0 Å². The molecule has 1 aliphatic heterocycles. The standard InChI is InChI=1S/C36H37NO7/c1-20(2)7-14-25-30-27(42-28-17-26-24(15-16-36(4,5)44-26)32(38)31(28)33(30)39)18-29(34(25)41-6)43-35(40)37(19-22-10-11-22)23-12-8-21(3)9-13-23/h7-9,12-13,15-18,22,38H,10-11,14,19H2,1-6H3. The summed E-state index contributed by atoms with van der Waals surface area (Å²) in [6.45, 7) is 10.3. The number of carbonyl (C=O) groups excluding carboxylic acids is 1. The van der Waals surface area contributed by atoms with Gasteiger partial charge in [-0.25, -0.2) is 4.79 Å². The number of phenolic OH excluding ortho intramolecular Hbond substituents is 1. The van der Waals surface area contributed by atoms with E-state index in [0.29, 0.717) is 35.8 Å².